The third-order valence-corrected chi connectivity index (χ3v) is 4.28. The Morgan fingerprint density at radius 1 is 1.13 bits per heavy atom. The number of benzene rings is 1. The number of carbonyl (C=O) groups excluding carboxylic acids is 3. The summed E-state index contributed by atoms with van der Waals surface area (Å²) in [4.78, 5) is 38.3. The summed E-state index contributed by atoms with van der Waals surface area (Å²) in [5.74, 6) is -1.13. The third kappa shape index (κ3) is 9.02. The number of urea groups is 1. The van der Waals surface area contributed by atoms with Gasteiger partial charge in [0.05, 0.1) is 18.7 Å². The van der Waals surface area contributed by atoms with Gasteiger partial charge < -0.3 is 19.5 Å². The molecule has 1 aromatic rings. The normalized spacial score (nSPS) is 12.5. The van der Waals surface area contributed by atoms with Crippen molar-refractivity contribution in [2.45, 2.75) is 51.9 Å². The molecule has 0 heterocycles. The van der Waals surface area contributed by atoms with Crippen LogP contribution in [0.5, 0.6) is 0 Å². The molecule has 8 nitrogen and oxygen atoms in total. The standard InChI is InChI=1S/C22H32N2O6S/c1-15(31)24(20(27)23-22(5,6)19(26)30-21(2,3)4)13-17(29-14-18(25)28-7)16-11-9-8-10-12-16/h8-12,17,31H,1,13-14H2,2-7H3,(H,23,27). The molecule has 2 amide bonds. The van der Waals surface area contributed by atoms with Crippen molar-refractivity contribution in [2.24, 2.45) is 0 Å². The number of thiol groups is 1. The number of hydrogen-bond acceptors (Lipinski definition) is 7. The largest absolute Gasteiger partial charge is 0.467 e. The van der Waals surface area contributed by atoms with E-state index in [0.717, 1.165) is 5.56 Å². The van der Waals surface area contributed by atoms with Gasteiger partial charge in [0, 0.05) is 0 Å². The second-order valence-corrected chi connectivity index (χ2v) is 8.89. The smallest absolute Gasteiger partial charge is 0.331 e. The second kappa shape index (κ2) is 11.2. The number of esters is 2. The van der Waals surface area contributed by atoms with Gasteiger partial charge in [0.1, 0.15) is 23.9 Å². The number of carbonyl (C=O) groups is 3. The molecule has 1 aromatic carbocycles. The average molecular weight is 453 g/mol. The molecular formula is C22H32N2O6S. The molecular weight excluding hydrogens is 420 g/mol. The van der Waals surface area contributed by atoms with Crippen LogP contribution in [0.15, 0.2) is 41.9 Å². The minimum Gasteiger partial charge on any atom is -0.467 e. The van der Waals surface area contributed by atoms with Crippen molar-refractivity contribution in [3.8, 4) is 0 Å². The summed E-state index contributed by atoms with van der Waals surface area (Å²) < 4.78 is 15.7. The summed E-state index contributed by atoms with van der Waals surface area (Å²) in [5, 5.41) is 2.79. The molecule has 31 heavy (non-hydrogen) atoms. The van der Waals surface area contributed by atoms with Gasteiger partial charge >= 0.3 is 18.0 Å². The molecule has 0 saturated heterocycles. The van der Waals surface area contributed by atoms with E-state index in [-0.39, 0.29) is 18.2 Å². The Morgan fingerprint density at radius 3 is 2.19 bits per heavy atom. The number of nitrogens with zero attached hydrogens (tertiary/aromatic N) is 1. The molecule has 1 unspecified atom stereocenters. The molecule has 0 aliphatic rings. The Kier molecular flexibility index (Phi) is 9.58. The van der Waals surface area contributed by atoms with Crippen LogP contribution in [-0.4, -0.2) is 54.3 Å². The van der Waals surface area contributed by atoms with E-state index in [0.29, 0.717) is 0 Å². The first kappa shape index (κ1) is 26.5. The lowest BCUT2D eigenvalue weighted by Crippen LogP contribution is -2.55. The van der Waals surface area contributed by atoms with Crippen LogP contribution in [0.25, 0.3) is 0 Å². The predicted molar refractivity (Wildman–Crippen MR) is 120 cm³/mol. The summed E-state index contributed by atoms with van der Waals surface area (Å²) in [6, 6.07) is 8.48. The highest BCUT2D eigenvalue weighted by molar-refractivity contribution is 7.84. The minimum atomic E-state index is -1.30. The van der Waals surface area contributed by atoms with E-state index < -0.39 is 35.2 Å². The molecule has 172 valence electrons. The molecule has 0 bridgehead atoms. The highest BCUT2D eigenvalue weighted by Crippen LogP contribution is 2.22. The molecule has 0 aliphatic heterocycles. The van der Waals surface area contributed by atoms with Crippen molar-refractivity contribution in [1.82, 2.24) is 10.2 Å². The van der Waals surface area contributed by atoms with Gasteiger partial charge in [-0.3, -0.25) is 4.90 Å². The molecule has 0 saturated carbocycles. The molecule has 0 aromatic heterocycles. The van der Waals surface area contributed by atoms with Crippen LogP contribution in [0, 0.1) is 0 Å². The number of rotatable bonds is 9. The van der Waals surface area contributed by atoms with Crippen LogP contribution in [0.4, 0.5) is 4.79 Å². The zero-order chi connectivity index (χ0) is 23.8. The molecule has 1 N–H and O–H groups in total. The fourth-order valence-electron chi connectivity index (χ4n) is 2.41. The summed E-state index contributed by atoms with van der Waals surface area (Å²) in [6.45, 7) is 11.8. The Labute approximate surface area is 189 Å². The number of methoxy groups -OCH3 is 1. The lowest BCUT2D eigenvalue weighted by Gasteiger charge is -2.33. The number of hydrogen-bond donors (Lipinski definition) is 2. The van der Waals surface area contributed by atoms with E-state index in [1.165, 1.54) is 12.0 Å². The summed E-state index contributed by atoms with van der Waals surface area (Å²) in [6.07, 6.45) is -0.667. The Morgan fingerprint density at radius 2 is 1.71 bits per heavy atom. The van der Waals surface area contributed by atoms with E-state index >= 15 is 0 Å². The van der Waals surface area contributed by atoms with Crippen LogP contribution in [0.3, 0.4) is 0 Å². The molecule has 1 rings (SSSR count). The van der Waals surface area contributed by atoms with Gasteiger partial charge in [-0.1, -0.05) is 36.9 Å². The zero-order valence-electron chi connectivity index (χ0n) is 18.9. The van der Waals surface area contributed by atoms with Gasteiger partial charge in [-0.15, -0.1) is 12.6 Å². The lowest BCUT2D eigenvalue weighted by molar-refractivity contribution is -0.161. The number of amides is 2. The topological polar surface area (TPSA) is 94.2 Å². The van der Waals surface area contributed by atoms with Crippen LogP contribution < -0.4 is 5.32 Å². The lowest BCUT2D eigenvalue weighted by atomic mass is 10.1. The first-order valence-electron chi connectivity index (χ1n) is 9.71. The molecule has 1 atom stereocenters. The van der Waals surface area contributed by atoms with Gasteiger partial charge in [-0.05, 0) is 40.2 Å². The maximum absolute atomic E-state index is 13.0. The van der Waals surface area contributed by atoms with Gasteiger partial charge in [0.25, 0.3) is 0 Å². The molecule has 0 spiro atoms. The fraction of sp³-hybridized carbons (Fsp3) is 0.500. The molecule has 0 radical (unpaired) electrons. The van der Waals surface area contributed by atoms with E-state index in [4.69, 9.17) is 9.47 Å². The Hall–Kier alpha value is -2.52. The van der Waals surface area contributed by atoms with Crippen molar-refractivity contribution >= 4 is 30.6 Å². The SMILES string of the molecule is C=C(S)N(CC(OCC(=O)OC)c1ccccc1)C(=O)NC(C)(C)C(=O)OC(C)(C)C. The third-order valence-electron chi connectivity index (χ3n) is 4.04. The summed E-state index contributed by atoms with van der Waals surface area (Å²) in [5.41, 5.74) is -1.27. The van der Waals surface area contributed by atoms with Crippen molar-refractivity contribution < 1.29 is 28.6 Å². The molecule has 0 fully saturated rings. The van der Waals surface area contributed by atoms with Gasteiger partial charge in [-0.2, -0.15) is 0 Å². The molecule has 0 aliphatic carbocycles. The zero-order valence-corrected chi connectivity index (χ0v) is 19.8. The minimum absolute atomic E-state index is 0.000424. The second-order valence-electron chi connectivity index (χ2n) is 8.37. The van der Waals surface area contributed by atoms with E-state index in [2.05, 4.69) is 29.3 Å². The van der Waals surface area contributed by atoms with E-state index in [9.17, 15) is 14.4 Å². The van der Waals surface area contributed by atoms with Crippen molar-refractivity contribution in [3.63, 3.8) is 0 Å². The Bertz CT molecular complexity index is 789. The number of nitrogens with one attached hydrogen (secondary N) is 1. The maximum Gasteiger partial charge on any atom is 0.331 e. The highest BCUT2D eigenvalue weighted by atomic mass is 32.1. The van der Waals surface area contributed by atoms with Gasteiger partial charge in [-0.25, -0.2) is 14.4 Å². The maximum atomic E-state index is 13.0. The summed E-state index contributed by atoms with van der Waals surface area (Å²) in [7, 11) is 1.26. The van der Waals surface area contributed by atoms with Crippen LogP contribution in [0.2, 0.25) is 0 Å². The van der Waals surface area contributed by atoms with Crippen molar-refractivity contribution in [2.75, 3.05) is 20.3 Å². The van der Waals surface area contributed by atoms with Crippen molar-refractivity contribution in [1.29, 1.82) is 0 Å². The molecule has 9 heteroatoms. The number of ether oxygens (including phenoxy) is 3. The monoisotopic (exact) mass is 452 g/mol. The first-order chi connectivity index (χ1) is 14.3. The van der Waals surface area contributed by atoms with E-state index in [1.807, 2.05) is 30.3 Å². The van der Waals surface area contributed by atoms with Crippen LogP contribution in [0.1, 0.15) is 46.3 Å². The Balaban J connectivity index is 3.03. The first-order valence-corrected chi connectivity index (χ1v) is 10.2. The van der Waals surface area contributed by atoms with Gasteiger partial charge in [0.15, 0.2) is 0 Å². The predicted octanol–water partition coefficient (Wildman–Crippen LogP) is 3.45. The van der Waals surface area contributed by atoms with Gasteiger partial charge in [0.2, 0.25) is 0 Å². The average Bonchev–Trinajstić information content (AvgIpc) is 2.66. The highest BCUT2D eigenvalue weighted by Gasteiger charge is 2.36. The van der Waals surface area contributed by atoms with E-state index in [1.54, 1.807) is 34.6 Å². The van der Waals surface area contributed by atoms with Crippen molar-refractivity contribution in [3.05, 3.63) is 47.5 Å². The van der Waals surface area contributed by atoms with Crippen LogP contribution >= 0.6 is 12.6 Å². The fourth-order valence-corrected chi connectivity index (χ4v) is 2.58. The quantitative estimate of drug-likeness (QED) is 0.440. The van der Waals surface area contributed by atoms with Crippen LogP contribution in [-0.2, 0) is 23.8 Å². The summed E-state index contributed by atoms with van der Waals surface area (Å²) >= 11 is 4.22.